The summed E-state index contributed by atoms with van der Waals surface area (Å²) in [5.74, 6) is 0. The molecule has 2 amide bonds. The van der Waals surface area contributed by atoms with Crippen molar-refractivity contribution in [1.29, 1.82) is 0 Å². The lowest BCUT2D eigenvalue weighted by Gasteiger charge is -2.21. The van der Waals surface area contributed by atoms with Gasteiger partial charge in [0.25, 0.3) is 0 Å². The minimum Gasteiger partial charge on any atom is -0.323 e. The predicted molar refractivity (Wildman–Crippen MR) is 94.5 cm³/mol. The standard InChI is InChI=1S/C16H29ClN2OS/c1-3-5-12-19(13-6-4-2)16(20)18-15(17)21-14-10-8-7-9-11-14/h14H,3-13H2,1-2H3. The van der Waals surface area contributed by atoms with Crippen LogP contribution in [0.2, 0.25) is 0 Å². The second-order valence-electron chi connectivity index (χ2n) is 5.72. The van der Waals surface area contributed by atoms with Crippen LogP contribution in [0.15, 0.2) is 4.99 Å². The Morgan fingerprint density at radius 3 is 2.24 bits per heavy atom. The summed E-state index contributed by atoms with van der Waals surface area (Å²) in [5.41, 5.74) is 0. The number of amides is 2. The molecule has 1 fully saturated rings. The van der Waals surface area contributed by atoms with Crippen LogP contribution in [0.4, 0.5) is 4.79 Å². The van der Waals surface area contributed by atoms with Crippen LogP contribution in [0.3, 0.4) is 0 Å². The Bertz CT molecular complexity index is 322. The first-order valence-electron chi connectivity index (χ1n) is 8.37. The molecule has 0 aromatic carbocycles. The maximum Gasteiger partial charge on any atom is 0.345 e. The van der Waals surface area contributed by atoms with Gasteiger partial charge in [-0.2, -0.15) is 4.99 Å². The van der Waals surface area contributed by atoms with Gasteiger partial charge in [0.15, 0.2) is 4.50 Å². The van der Waals surface area contributed by atoms with Crippen molar-refractivity contribution in [3.05, 3.63) is 0 Å². The van der Waals surface area contributed by atoms with E-state index in [4.69, 9.17) is 11.6 Å². The van der Waals surface area contributed by atoms with Gasteiger partial charge in [0, 0.05) is 18.3 Å². The molecule has 1 aliphatic carbocycles. The highest BCUT2D eigenvalue weighted by molar-refractivity contribution is 8.17. The number of carbonyl (C=O) groups excluding carboxylic acids is 1. The van der Waals surface area contributed by atoms with E-state index < -0.39 is 0 Å². The monoisotopic (exact) mass is 332 g/mol. The Hall–Kier alpha value is -0.220. The van der Waals surface area contributed by atoms with Crippen LogP contribution < -0.4 is 0 Å². The van der Waals surface area contributed by atoms with Gasteiger partial charge < -0.3 is 4.90 Å². The summed E-state index contributed by atoms with van der Waals surface area (Å²) in [6.45, 7) is 5.85. The molecule has 0 N–H and O–H groups in total. The van der Waals surface area contributed by atoms with E-state index in [0.717, 1.165) is 38.8 Å². The first-order valence-corrected chi connectivity index (χ1v) is 9.62. The lowest BCUT2D eigenvalue weighted by atomic mass is 10.0. The molecule has 0 aliphatic heterocycles. The zero-order valence-electron chi connectivity index (χ0n) is 13.4. The third-order valence-electron chi connectivity index (χ3n) is 3.83. The predicted octanol–water partition coefficient (Wildman–Crippen LogP) is 5.67. The van der Waals surface area contributed by atoms with E-state index in [1.54, 1.807) is 11.8 Å². The molecule has 1 rings (SSSR count). The van der Waals surface area contributed by atoms with Crippen LogP contribution in [0.1, 0.15) is 71.6 Å². The molecule has 0 unspecified atom stereocenters. The molecule has 122 valence electrons. The summed E-state index contributed by atoms with van der Waals surface area (Å²) < 4.78 is 0.421. The number of unbranched alkanes of at least 4 members (excludes halogenated alkanes) is 2. The van der Waals surface area contributed by atoms with Gasteiger partial charge in [-0.3, -0.25) is 0 Å². The number of halogens is 1. The first-order chi connectivity index (χ1) is 10.2. The summed E-state index contributed by atoms with van der Waals surface area (Å²) in [6, 6.07) is -0.162. The summed E-state index contributed by atoms with van der Waals surface area (Å²) in [6.07, 6.45) is 10.5. The van der Waals surface area contributed by atoms with Crippen LogP contribution in [0, 0.1) is 0 Å². The normalized spacial score (nSPS) is 17.0. The lowest BCUT2D eigenvalue weighted by molar-refractivity contribution is 0.206. The van der Waals surface area contributed by atoms with Crippen LogP contribution in [0.5, 0.6) is 0 Å². The maximum absolute atomic E-state index is 12.2. The number of hydrogen-bond acceptors (Lipinski definition) is 2. The highest BCUT2D eigenvalue weighted by Gasteiger charge is 2.18. The van der Waals surface area contributed by atoms with Crippen LogP contribution >= 0.6 is 23.4 Å². The SMILES string of the molecule is CCCCN(CCCC)C(=O)N=C(Cl)SC1CCCCC1. The summed E-state index contributed by atoms with van der Waals surface area (Å²) >= 11 is 7.77. The lowest BCUT2D eigenvalue weighted by Crippen LogP contribution is -2.31. The van der Waals surface area contributed by atoms with Gasteiger partial charge in [0.1, 0.15) is 0 Å². The van der Waals surface area contributed by atoms with E-state index in [2.05, 4.69) is 18.8 Å². The van der Waals surface area contributed by atoms with Crippen molar-refractivity contribution in [2.24, 2.45) is 4.99 Å². The Morgan fingerprint density at radius 2 is 1.71 bits per heavy atom. The molecule has 0 aromatic rings. The van der Waals surface area contributed by atoms with Gasteiger partial charge in [-0.15, -0.1) is 0 Å². The van der Waals surface area contributed by atoms with Gasteiger partial charge >= 0.3 is 6.03 Å². The number of carbonyl (C=O) groups is 1. The zero-order valence-corrected chi connectivity index (χ0v) is 15.0. The molecule has 0 heterocycles. The van der Waals surface area contributed by atoms with Crippen molar-refractivity contribution >= 4 is 33.9 Å². The Labute approximate surface area is 138 Å². The largest absolute Gasteiger partial charge is 0.345 e. The van der Waals surface area contributed by atoms with Crippen molar-refractivity contribution < 1.29 is 4.79 Å². The molecule has 5 heteroatoms. The van der Waals surface area contributed by atoms with Crippen LogP contribution in [-0.4, -0.2) is 33.8 Å². The van der Waals surface area contributed by atoms with E-state index in [1.165, 1.54) is 32.1 Å². The molecular formula is C16H29ClN2OS. The van der Waals surface area contributed by atoms with E-state index in [0.29, 0.717) is 9.75 Å². The number of hydrogen-bond donors (Lipinski definition) is 0. The highest BCUT2D eigenvalue weighted by Crippen LogP contribution is 2.30. The smallest absolute Gasteiger partial charge is 0.323 e. The molecule has 0 bridgehead atoms. The number of nitrogens with zero attached hydrogens (tertiary/aromatic N) is 2. The second-order valence-corrected chi connectivity index (χ2v) is 7.59. The number of aliphatic imine (C=N–C) groups is 1. The number of urea groups is 1. The quantitative estimate of drug-likeness (QED) is 0.444. The van der Waals surface area contributed by atoms with Gasteiger partial charge in [-0.1, -0.05) is 69.3 Å². The van der Waals surface area contributed by atoms with Gasteiger partial charge in [-0.05, 0) is 25.7 Å². The Balaban J connectivity index is 2.48. The van der Waals surface area contributed by atoms with Crippen LogP contribution in [0.25, 0.3) is 0 Å². The van der Waals surface area contributed by atoms with E-state index >= 15 is 0 Å². The molecule has 0 aromatic heterocycles. The molecule has 1 saturated carbocycles. The number of rotatable bonds is 7. The van der Waals surface area contributed by atoms with Gasteiger partial charge in [0.05, 0.1) is 0 Å². The highest BCUT2D eigenvalue weighted by atomic mass is 35.5. The van der Waals surface area contributed by atoms with Gasteiger partial charge in [-0.25, -0.2) is 4.79 Å². The fraction of sp³-hybridized carbons (Fsp3) is 0.875. The maximum atomic E-state index is 12.2. The van der Waals surface area contributed by atoms with Crippen molar-refractivity contribution in [2.45, 2.75) is 76.9 Å². The molecule has 0 radical (unpaired) electrons. The van der Waals surface area contributed by atoms with Crippen molar-refractivity contribution in [3.8, 4) is 0 Å². The van der Waals surface area contributed by atoms with E-state index in [-0.39, 0.29) is 6.03 Å². The van der Waals surface area contributed by atoms with Crippen LogP contribution in [-0.2, 0) is 0 Å². The van der Waals surface area contributed by atoms with E-state index in [1.807, 2.05) is 4.90 Å². The van der Waals surface area contributed by atoms with Crippen molar-refractivity contribution in [3.63, 3.8) is 0 Å². The van der Waals surface area contributed by atoms with Crippen molar-refractivity contribution in [2.75, 3.05) is 13.1 Å². The third-order valence-corrected chi connectivity index (χ3v) is 5.28. The minimum atomic E-state index is -0.162. The third kappa shape index (κ3) is 8.10. The minimum absolute atomic E-state index is 0.162. The Kier molecular flexibility index (Phi) is 10.2. The zero-order chi connectivity index (χ0) is 15.5. The first kappa shape index (κ1) is 18.8. The van der Waals surface area contributed by atoms with E-state index in [9.17, 15) is 4.79 Å². The molecule has 0 saturated heterocycles. The summed E-state index contributed by atoms with van der Waals surface area (Å²) in [7, 11) is 0. The molecular weight excluding hydrogens is 304 g/mol. The molecule has 1 aliphatic rings. The molecule has 21 heavy (non-hydrogen) atoms. The fourth-order valence-corrected chi connectivity index (χ4v) is 3.92. The summed E-state index contributed by atoms with van der Waals surface area (Å²) in [5, 5.41) is 0.544. The van der Waals surface area contributed by atoms with Gasteiger partial charge in [0.2, 0.25) is 0 Å². The van der Waals surface area contributed by atoms with Crippen molar-refractivity contribution in [1.82, 2.24) is 4.90 Å². The number of thioether (sulfide) groups is 1. The fourth-order valence-electron chi connectivity index (χ4n) is 2.49. The summed E-state index contributed by atoms with van der Waals surface area (Å²) in [4.78, 5) is 18.2. The molecule has 3 nitrogen and oxygen atoms in total. The average Bonchev–Trinajstić information content (AvgIpc) is 2.48. The molecule has 0 spiro atoms. The Morgan fingerprint density at radius 1 is 1.14 bits per heavy atom. The average molecular weight is 333 g/mol. The topological polar surface area (TPSA) is 32.7 Å². The molecule has 0 atom stereocenters. The second kappa shape index (κ2) is 11.4.